The summed E-state index contributed by atoms with van der Waals surface area (Å²) in [5, 5.41) is 15.7. The zero-order chi connectivity index (χ0) is 23.1. The molecule has 0 unspecified atom stereocenters. The lowest BCUT2D eigenvalue weighted by molar-refractivity contribution is -0.385. The fourth-order valence-corrected chi connectivity index (χ4v) is 4.02. The van der Waals surface area contributed by atoms with Gasteiger partial charge in [-0.1, -0.05) is 11.6 Å². The standard InChI is InChI=1S/C21H19ClN4O5S/c1-2-31-19-10-3-15(4-11-19)14-23-24-20-12-9-18(26(27)28)13-21(20)32(29,30)25-17-7-5-16(22)6-8-17/h3-14,24-25H,2H2,1H3. The Balaban J connectivity index is 1.87. The third-order valence-corrected chi connectivity index (χ3v) is 5.82. The minimum absolute atomic E-state index is 0.0688. The van der Waals surface area contributed by atoms with E-state index in [4.69, 9.17) is 16.3 Å². The van der Waals surface area contributed by atoms with E-state index in [-0.39, 0.29) is 22.0 Å². The Morgan fingerprint density at radius 3 is 2.41 bits per heavy atom. The van der Waals surface area contributed by atoms with Gasteiger partial charge in [-0.05, 0) is 67.1 Å². The molecule has 166 valence electrons. The van der Waals surface area contributed by atoms with Gasteiger partial charge in [0.25, 0.3) is 15.7 Å². The molecular weight excluding hydrogens is 456 g/mol. The summed E-state index contributed by atoms with van der Waals surface area (Å²) in [6, 6.07) is 16.6. The number of hydrogen-bond acceptors (Lipinski definition) is 7. The third kappa shape index (κ3) is 5.96. The first-order chi connectivity index (χ1) is 15.3. The number of hydrazone groups is 1. The molecule has 0 bridgehead atoms. The number of rotatable bonds is 9. The van der Waals surface area contributed by atoms with Crippen LogP contribution in [0.4, 0.5) is 17.1 Å². The van der Waals surface area contributed by atoms with Crippen LogP contribution < -0.4 is 14.9 Å². The first kappa shape index (κ1) is 23.0. The van der Waals surface area contributed by atoms with E-state index in [1.54, 1.807) is 24.3 Å². The zero-order valence-corrected chi connectivity index (χ0v) is 18.4. The molecule has 3 aromatic carbocycles. The summed E-state index contributed by atoms with van der Waals surface area (Å²) in [6.45, 7) is 2.44. The van der Waals surface area contributed by atoms with Gasteiger partial charge < -0.3 is 4.74 Å². The molecule has 0 aromatic heterocycles. The van der Waals surface area contributed by atoms with E-state index in [0.29, 0.717) is 11.6 Å². The summed E-state index contributed by atoms with van der Waals surface area (Å²) >= 11 is 5.83. The molecule has 0 saturated heterocycles. The SMILES string of the molecule is CCOc1ccc(C=NNc2ccc([N+](=O)[O-])cc2S(=O)(=O)Nc2ccc(Cl)cc2)cc1. The van der Waals surface area contributed by atoms with Crippen molar-refractivity contribution in [2.24, 2.45) is 5.10 Å². The number of nitrogens with zero attached hydrogens (tertiary/aromatic N) is 2. The van der Waals surface area contributed by atoms with Crippen LogP contribution in [0.3, 0.4) is 0 Å². The van der Waals surface area contributed by atoms with E-state index in [1.807, 2.05) is 6.92 Å². The minimum atomic E-state index is -4.17. The Labute approximate surface area is 189 Å². The van der Waals surface area contributed by atoms with Crippen molar-refractivity contribution in [1.29, 1.82) is 0 Å². The first-order valence-corrected chi connectivity index (χ1v) is 11.2. The van der Waals surface area contributed by atoms with Crippen LogP contribution in [0.1, 0.15) is 12.5 Å². The van der Waals surface area contributed by atoms with Crippen molar-refractivity contribution >= 4 is 44.9 Å². The van der Waals surface area contributed by atoms with Crippen LogP contribution in [0.15, 0.2) is 76.7 Å². The van der Waals surface area contributed by atoms with Crippen LogP contribution in [0, 0.1) is 10.1 Å². The number of halogens is 1. The molecule has 0 heterocycles. The predicted molar refractivity (Wildman–Crippen MR) is 124 cm³/mol. The van der Waals surface area contributed by atoms with Gasteiger partial charge in [0.2, 0.25) is 0 Å². The number of sulfonamides is 1. The van der Waals surface area contributed by atoms with Gasteiger partial charge in [0, 0.05) is 22.8 Å². The lowest BCUT2D eigenvalue weighted by atomic mass is 10.2. The molecule has 0 amide bonds. The Hall–Kier alpha value is -3.63. The number of ether oxygens (including phenoxy) is 1. The van der Waals surface area contributed by atoms with Crippen LogP contribution in [-0.2, 0) is 10.0 Å². The molecule has 0 aliphatic heterocycles. The number of nitrogens with one attached hydrogen (secondary N) is 2. The number of nitro groups is 1. The van der Waals surface area contributed by atoms with Crippen LogP contribution in [0.2, 0.25) is 5.02 Å². The largest absolute Gasteiger partial charge is 0.494 e. The molecule has 11 heteroatoms. The Bertz CT molecular complexity index is 1230. The van der Waals surface area contributed by atoms with Crippen molar-refractivity contribution in [3.63, 3.8) is 0 Å². The summed E-state index contributed by atoms with van der Waals surface area (Å²) in [6.07, 6.45) is 1.49. The molecule has 0 saturated carbocycles. The number of anilines is 2. The van der Waals surface area contributed by atoms with Crippen molar-refractivity contribution in [2.75, 3.05) is 16.8 Å². The Morgan fingerprint density at radius 2 is 1.78 bits per heavy atom. The number of nitro benzene ring substituents is 1. The maximum Gasteiger partial charge on any atom is 0.270 e. The van der Waals surface area contributed by atoms with Crippen molar-refractivity contribution in [1.82, 2.24) is 0 Å². The van der Waals surface area contributed by atoms with Gasteiger partial charge in [-0.2, -0.15) is 5.10 Å². The summed E-state index contributed by atoms with van der Waals surface area (Å²) in [7, 11) is -4.17. The third-order valence-electron chi connectivity index (χ3n) is 4.15. The molecule has 2 N–H and O–H groups in total. The molecular formula is C21H19ClN4O5S. The van der Waals surface area contributed by atoms with Gasteiger partial charge >= 0.3 is 0 Å². The molecule has 0 radical (unpaired) electrons. The highest BCUT2D eigenvalue weighted by Crippen LogP contribution is 2.28. The number of hydrogen-bond donors (Lipinski definition) is 2. The average molecular weight is 475 g/mol. The average Bonchev–Trinajstić information content (AvgIpc) is 2.76. The topological polar surface area (TPSA) is 123 Å². The van der Waals surface area contributed by atoms with E-state index in [0.717, 1.165) is 17.4 Å². The number of non-ortho nitro benzene ring substituents is 1. The Kier molecular flexibility index (Phi) is 7.29. The van der Waals surface area contributed by atoms with Gasteiger partial charge in [0.15, 0.2) is 0 Å². The van der Waals surface area contributed by atoms with Crippen molar-refractivity contribution in [3.8, 4) is 5.75 Å². The fraction of sp³-hybridized carbons (Fsp3) is 0.0952. The Morgan fingerprint density at radius 1 is 1.09 bits per heavy atom. The molecule has 0 atom stereocenters. The quantitative estimate of drug-likeness (QED) is 0.258. The van der Waals surface area contributed by atoms with Crippen molar-refractivity contribution in [2.45, 2.75) is 11.8 Å². The van der Waals surface area contributed by atoms with Gasteiger partial charge in [-0.25, -0.2) is 8.42 Å². The van der Waals surface area contributed by atoms with Crippen molar-refractivity contribution in [3.05, 3.63) is 87.4 Å². The van der Waals surface area contributed by atoms with Crippen LogP contribution in [-0.4, -0.2) is 26.2 Å². The van der Waals surface area contributed by atoms with Crippen LogP contribution in [0.5, 0.6) is 5.75 Å². The zero-order valence-electron chi connectivity index (χ0n) is 16.9. The lowest BCUT2D eigenvalue weighted by Gasteiger charge is -2.12. The molecule has 0 fully saturated rings. The van der Waals surface area contributed by atoms with Crippen LogP contribution >= 0.6 is 11.6 Å². The monoisotopic (exact) mass is 474 g/mol. The van der Waals surface area contributed by atoms with Gasteiger partial charge in [0.1, 0.15) is 10.6 Å². The van der Waals surface area contributed by atoms with Gasteiger partial charge in [-0.15, -0.1) is 0 Å². The van der Waals surface area contributed by atoms with Gasteiger partial charge in [-0.3, -0.25) is 20.3 Å². The highest BCUT2D eigenvalue weighted by Gasteiger charge is 2.22. The highest BCUT2D eigenvalue weighted by atomic mass is 35.5. The second-order valence-corrected chi connectivity index (χ2v) is 8.51. The smallest absolute Gasteiger partial charge is 0.270 e. The fourth-order valence-electron chi connectivity index (χ4n) is 2.66. The molecule has 3 aromatic rings. The highest BCUT2D eigenvalue weighted by molar-refractivity contribution is 7.92. The van der Waals surface area contributed by atoms with E-state index in [9.17, 15) is 18.5 Å². The number of benzene rings is 3. The summed E-state index contributed by atoms with van der Waals surface area (Å²) < 4.78 is 33.6. The second kappa shape index (κ2) is 10.1. The molecule has 0 spiro atoms. The summed E-state index contributed by atoms with van der Waals surface area (Å²) in [4.78, 5) is 10.2. The molecule has 32 heavy (non-hydrogen) atoms. The summed E-state index contributed by atoms with van der Waals surface area (Å²) in [5.41, 5.74) is 3.34. The minimum Gasteiger partial charge on any atom is -0.494 e. The molecule has 0 aliphatic carbocycles. The molecule has 9 nitrogen and oxygen atoms in total. The van der Waals surface area contributed by atoms with Crippen molar-refractivity contribution < 1.29 is 18.1 Å². The van der Waals surface area contributed by atoms with E-state index >= 15 is 0 Å². The lowest BCUT2D eigenvalue weighted by Crippen LogP contribution is -2.15. The normalized spacial score (nSPS) is 11.3. The maximum atomic E-state index is 12.9. The van der Waals surface area contributed by atoms with Gasteiger partial charge in [0.05, 0.1) is 23.4 Å². The predicted octanol–water partition coefficient (Wildman–Crippen LogP) is 4.89. The molecule has 3 rings (SSSR count). The van der Waals surface area contributed by atoms with E-state index in [2.05, 4.69) is 15.2 Å². The molecule has 0 aliphatic rings. The van der Waals surface area contributed by atoms with Crippen LogP contribution in [0.25, 0.3) is 0 Å². The first-order valence-electron chi connectivity index (χ1n) is 9.37. The van der Waals surface area contributed by atoms with E-state index < -0.39 is 14.9 Å². The maximum absolute atomic E-state index is 12.9. The second-order valence-electron chi connectivity index (χ2n) is 6.42. The van der Waals surface area contributed by atoms with E-state index in [1.165, 1.54) is 42.6 Å². The summed E-state index contributed by atoms with van der Waals surface area (Å²) in [5.74, 6) is 0.717.